The van der Waals surface area contributed by atoms with Crippen molar-refractivity contribution in [1.82, 2.24) is 0 Å². The van der Waals surface area contributed by atoms with E-state index in [1.807, 2.05) is 0 Å². The first-order chi connectivity index (χ1) is 8.41. The molecule has 1 N–H and O–H groups in total. The molecule has 0 saturated heterocycles. The van der Waals surface area contributed by atoms with E-state index >= 15 is 0 Å². The van der Waals surface area contributed by atoms with Gasteiger partial charge in [0.25, 0.3) is 0 Å². The van der Waals surface area contributed by atoms with Crippen LogP contribution in [0.4, 0.5) is 0 Å². The van der Waals surface area contributed by atoms with Crippen LogP contribution in [0.1, 0.15) is 65.2 Å². The SMILES string of the molecule is CC1(C)CCCC(O)(C2(C#N)CC3CCC2C3)C1. The summed E-state index contributed by atoms with van der Waals surface area (Å²) in [6, 6.07) is 2.61. The van der Waals surface area contributed by atoms with Crippen molar-refractivity contribution >= 4 is 0 Å². The standard InChI is InChI=1S/C16H25NO/c1-14(2)6-3-7-16(18,10-14)15(11-17)9-12-4-5-13(15)8-12/h12-13,18H,3-10H2,1-2H3. The number of rotatable bonds is 1. The van der Waals surface area contributed by atoms with Crippen LogP contribution in [0.25, 0.3) is 0 Å². The maximum atomic E-state index is 11.3. The first-order valence-electron chi connectivity index (χ1n) is 7.54. The van der Waals surface area contributed by atoms with E-state index in [1.54, 1.807) is 0 Å². The van der Waals surface area contributed by atoms with E-state index in [-0.39, 0.29) is 5.41 Å². The van der Waals surface area contributed by atoms with Gasteiger partial charge in [0.2, 0.25) is 0 Å². The fraction of sp³-hybridized carbons (Fsp3) is 0.938. The fourth-order valence-corrected chi connectivity index (χ4v) is 5.35. The number of hydrogen-bond acceptors (Lipinski definition) is 2. The van der Waals surface area contributed by atoms with Gasteiger partial charge in [0, 0.05) is 0 Å². The predicted molar refractivity (Wildman–Crippen MR) is 70.7 cm³/mol. The zero-order valence-electron chi connectivity index (χ0n) is 11.7. The van der Waals surface area contributed by atoms with Gasteiger partial charge in [-0.25, -0.2) is 0 Å². The summed E-state index contributed by atoms with van der Waals surface area (Å²) in [6.45, 7) is 4.49. The van der Waals surface area contributed by atoms with Gasteiger partial charge in [-0.2, -0.15) is 5.26 Å². The molecule has 0 aliphatic heterocycles. The van der Waals surface area contributed by atoms with Crippen LogP contribution in [0.2, 0.25) is 0 Å². The minimum absolute atomic E-state index is 0.193. The van der Waals surface area contributed by atoms with Gasteiger partial charge in [0.15, 0.2) is 0 Å². The Morgan fingerprint density at radius 1 is 1.22 bits per heavy atom. The van der Waals surface area contributed by atoms with Crippen LogP contribution < -0.4 is 0 Å². The molecule has 0 heterocycles. The van der Waals surface area contributed by atoms with Crippen LogP contribution in [0, 0.1) is 34.0 Å². The lowest BCUT2D eigenvalue weighted by atomic mass is 9.55. The molecule has 100 valence electrons. The molecule has 18 heavy (non-hydrogen) atoms. The van der Waals surface area contributed by atoms with Crippen molar-refractivity contribution < 1.29 is 5.11 Å². The van der Waals surface area contributed by atoms with Crippen LogP contribution in [-0.4, -0.2) is 10.7 Å². The van der Waals surface area contributed by atoms with Crippen molar-refractivity contribution in [3.05, 3.63) is 0 Å². The molecule has 3 fully saturated rings. The minimum Gasteiger partial charge on any atom is -0.388 e. The van der Waals surface area contributed by atoms with Crippen molar-refractivity contribution in [2.45, 2.75) is 70.8 Å². The number of fused-ring (bicyclic) bond motifs is 2. The van der Waals surface area contributed by atoms with E-state index in [4.69, 9.17) is 0 Å². The zero-order chi connectivity index (χ0) is 13.0. The molecule has 3 saturated carbocycles. The summed E-state index contributed by atoms with van der Waals surface area (Å²) in [5.74, 6) is 1.18. The Kier molecular flexibility index (Phi) is 2.59. The maximum absolute atomic E-state index is 11.3. The number of nitrogens with zero attached hydrogens (tertiary/aromatic N) is 1. The Labute approximate surface area is 110 Å². The molecule has 0 aromatic heterocycles. The van der Waals surface area contributed by atoms with Crippen LogP contribution in [0.15, 0.2) is 0 Å². The predicted octanol–water partition coefficient (Wildman–Crippen LogP) is 3.65. The third kappa shape index (κ3) is 1.56. The topological polar surface area (TPSA) is 44.0 Å². The number of hydrogen-bond donors (Lipinski definition) is 1. The summed E-state index contributed by atoms with van der Waals surface area (Å²) in [6.07, 6.45) is 8.52. The highest BCUT2D eigenvalue weighted by Crippen LogP contribution is 2.64. The van der Waals surface area contributed by atoms with Crippen molar-refractivity contribution in [2.75, 3.05) is 0 Å². The average Bonchev–Trinajstić information content (AvgIpc) is 2.87. The first kappa shape index (κ1) is 12.5. The molecule has 2 bridgehead atoms. The van der Waals surface area contributed by atoms with Crippen molar-refractivity contribution in [3.8, 4) is 6.07 Å². The van der Waals surface area contributed by atoms with Gasteiger partial charge in [0.1, 0.15) is 0 Å². The monoisotopic (exact) mass is 247 g/mol. The molecule has 0 spiro atoms. The summed E-state index contributed by atoms with van der Waals surface area (Å²) in [5.41, 5.74) is -0.949. The lowest BCUT2D eigenvalue weighted by molar-refractivity contribution is -0.131. The lowest BCUT2D eigenvalue weighted by Crippen LogP contribution is -2.54. The fourth-order valence-electron chi connectivity index (χ4n) is 5.35. The van der Waals surface area contributed by atoms with Crippen LogP contribution >= 0.6 is 0 Å². The third-order valence-electron chi connectivity index (χ3n) is 6.09. The van der Waals surface area contributed by atoms with E-state index < -0.39 is 11.0 Å². The Morgan fingerprint density at radius 2 is 2.00 bits per heavy atom. The summed E-state index contributed by atoms with van der Waals surface area (Å²) in [5, 5.41) is 21.1. The molecule has 0 aromatic rings. The van der Waals surface area contributed by atoms with Crippen molar-refractivity contribution in [2.24, 2.45) is 22.7 Å². The van der Waals surface area contributed by atoms with Gasteiger partial charge in [0.05, 0.1) is 17.1 Å². The highest BCUT2D eigenvalue weighted by Gasteiger charge is 2.63. The molecule has 2 heteroatoms. The molecule has 4 atom stereocenters. The van der Waals surface area contributed by atoms with Crippen LogP contribution in [0.3, 0.4) is 0 Å². The lowest BCUT2D eigenvalue weighted by Gasteiger charge is -2.51. The second-order valence-electron chi connectivity index (χ2n) is 7.89. The first-order valence-corrected chi connectivity index (χ1v) is 7.54. The van der Waals surface area contributed by atoms with E-state index in [1.165, 1.54) is 25.7 Å². The quantitative estimate of drug-likeness (QED) is 0.768. The number of nitriles is 1. The van der Waals surface area contributed by atoms with Crippen LogP contribution in [0.5, 0.6) is 0 Å². The van der Waals surface area contributed by atoms with Crippen molar-refractivity contribution in [3.63, 3.8) is 0 Å². The Balaban J connectivity index is 1.94. The molecule has 4 unspecified atom stereocenters. The molecule has 2 nitrogen and oxygen atoms in total. The average molecular weight is 247 g/mol. The summed E-state index contributed by atoms with van der Waals surface area (Å²) >= 11 is 0. The Hall–Kier alpha value is -0.550. The smallest absolute Gasteiger partial charge is 0.0891 e. The molecule has 0 aromatic carbocycles. The molecule has 3 aliphatic carbocycles. The second-order valence-corrected chi connectivity index (χ2v) is 7.89. The van der Waals surface area contributed by atoms with E-state index in [0.29, 0.717) is 11.8 Å². The van der Waals surface area contributed by atoms with E-state index in [9.17, 15) is 10.4 Å². The molecule has 3 rings (SSSR count). The van der Waals surface area contributed by atoms with Gasteiger partial charge in [-0.05, 0) is 55.8 Å². The summed E-state index contributed by atoms with van der Waals surface area (Å²) in [4.78, 5) is 0. The van der Waals surface area contributed by atoms with Gasteiger partial charge >= 0.3 is 0 Å². The third-order valence-corrected chi connectivity index (χ3v) is 6.09. The Morgan fingerprint density at radius 3 is 2.50 bits per heavy atom. The zero-order valence-corrected chi connectivity index (χ0v) is 11.7. The van der Waals surface area contributed by atoms with E-state index in [2.05, 4.69) is 19.9 Å². The Bertz CT molecular complexity index is 396. The molecule has 0 amide bonds. The van der Waals surface area contributed by atoms with Gasteiger partial charge in [-0.1, -0.05) is 26.7 Å². The molecule has 3 aliphatic rings. The van der Waals surface area contributed by atoms with Crippen molar-refractivity contribution in [1.29, 1.82) is 5.26 Å². The molecule has 0 radical (unpaired) electrons. The molecular weight excluding hydrogens is 222 g/mol. The normalized spacial score (nSPS) is 50.1. The van der Waals surface area contributed by atoms with Gasteiger partial charge in [-0.3, -0.25) is 0 Å². The highest BCUT2D eigenvalue weighted by atomic mass is 16.3. The molecular formula is C16H25NO. The minimum atomic E-state index is -0.719. The summed E-state index contributed by atoms with van der Waals surface area (Å²) in [7, 11) is 0. The second kappa shape index (κ2) is 3.73. The largest absolute Gasteiger partial charge is 0.388 e. The maximum Gasteiger partial charge on any atom is 0.0891 e. The van der Waals surface area contributed by atoms with Gasteiger partial charge in [-0.15, -0.1) is 0 Å². The van der Waals surface area contributed by atoms with Crippen LogP contribution in [-0.2, 0) is 0 Å². The summed E-state index contributed by atoms with van der Waals surface area (Å²) < 4.78 is 0. The van der Waals surface area contributed by atoms with Gasteiger partial charge < -0.3 is 5.11 Å². The highest BCUT2D eigenvalue weighted by molar-refractivity contribution is 5.21. The van der Waals surface area contributed by atoms with E-state index in [0.717, 1.165) is 25.7 Å². The number of aliphatic hydroxyl groups is 1.